The Labute approximate surface area is 125 Å². The van der Waals surface area contributed by atoms with E-state index in [2.05, 4.69) is 48.1 Å². The molecule has 2 saturated heterocycles. The SMILES string of the molecule is CC1CN2CCNC(C)C(C)CN(CCNC1C)CC2. The predicted molar refractivity (Wildman–Crippen MR) is 86.1 cm³/mol. The van der Waals surface area contributed by atoms with Crippen molar-refractivity contribution in [1.82, 2.24) is 20.4 Å². The van der Waals surface area contributed by atoms with E-state index in [0.717, 1.165) is 24.9 Å². The lowest BCUT2D eigenvalue weighted by Crippen LogP contribution is -2.52. The van der Waals surface area contributed by atoms with Crippen LogP contribution in [-0.2, 0) is 0 Å². The highest BCUT2D eigenvalue weighted by atomic mass is 15.2. The molecule has 2 heterocycles. The smallest absolute Gasteiger partial charge is 0.0110 e. The Morgan fingerprint density at radius 1 is 0.650 bits per heavy atom. The predicted octanol–water partition coefficient (Wildman–Crippen LogP) is 0.846. The van der Waals surface area contributed by atoms with Crippen LogP contribution < -0.4 is 10.6 Å². The molecule has 0 aromatic carbocycles. The van der Waals surface area contributed by atoms with Crippen molar-refractivity contribution in [3.63, 3.8) is 0 Å². The molecule has 0 aromatic rings. The summed E-state index contributed by atoms with van der Waals surface area (Å²) >= 11 is 0. The first-order valence-corrected chi connectivity index (χ1v) is 8.47. The molecular formula is C16H34N4. The summed E-state index contributed by atoms with van der Waals surface area (Å²) in [5.41, 5.74) is 0. The third-order valence-electron chi connectivity index (χ3n) is 5.32. The molecule has 2 fully saturated rings. The molecule has 6 atom stereocenters. The normalized spacial score (nSPS) is 45.0. The highest BCUT2D eigenvalue weighted by Gasteiger charge is 2.22. The monoisotopic (exact) mass is 282 g/mol. The van der Waals surface area contributed by atoms with Crippen molar-refractivity contribution in [2.24, 2.45) is 11.8 Å². The summed E-state index contributed by atoms with van der Waals surface area (Å²) in [5.74, 6) is 1.45. The molecule has 2 bridgehead atoms. The van der Waals surface area contributed by atoms with Gasteiger partial charge in [0.2, 0.25) is 0 Å². The summed E-state index contributed by atoms with van der Waals surface area (Å²) in [4.78, 5) is 5.30. The van der Waals surface area contributed by atoms with Gasteiger partial charge in [0.05, 0.1) is 0 Å². The molecule has 0 aromatic heterocycles. The summed E-state index contributed by atoms with van der Waals surface area (Å²) in [6.07, 6.45) is 0. The Morgan fingerprint density at radius 3 is 1.45 bits per heavy atom. The van der Waals surface area contributed by atoms with Crippen LogP contribution in [0.4, 0.5) is 0 Å². The molecule has 0 saturated carbocycles. The van der Waals surface area contributed by atoms with Gasteiger partial charge in [-0.2, -0.15) is 0 Å². The second kappa shape index (κ2) is 7.74. The van der Waals surface area contributed by atoms with E-state index in [9.17, 15) is 0 Å². The topological polar surface area (TPSA) is 30.5 Å². The van der Waals surface area contributed by atoms with Crippen LogP contribution in [0.25, 0.3) is 0 Å². The van der Waals surface area contributed by atoms with Gasteiger partial charge in [-0.15, -0.1) is 0 Å². The Balaban J connectivity index is 2.04. The molecular weight excluding hydrogens is 248 g/mol. The van der Waals surface area contributed by atoms with Crippen LogP contribution in [0.3, 0.4) is 0 Å². The van der Waals surface area contributed by atoms with Crippen LogP contribution in [0.1, 0.15) is 27.7 Å². The van der Waals surface area contributed by atoms with Gasteiger partial charge in [-0.1, -0.05) is 13.8 Å². The zero-order valence-electron chi connectivity index (χ0n) is 13.9. The van der Waals surface area contributed by atoms with Crippen molar-refractivity contribution in [3.05, 3.63) is 0 Å². The lowest BCUT2D eigenvalue weighted by molar-refractivity contribution is 0.133. The minimum Gasteiger partial charge on any atom is -0.313 e. The van der Waals surface area contributed by atoms with E-state index in [0.29, 0.717) is 12.1 Å². The minimum atomic E-state index is 0.615. The van der Waals surface area contributed by atoms with Crippen LogP contribution >= 0.6 is 0 Å². The third-order valence-corrected chi connectivity index (χ3v) is 5.32. The minimum absolute atomic E-state index is 0.615. The van der Waals surface area contributed by atoms with Crippen molar-refractivity contribution in [2.45, 2.75) is 39.8 Å². The van der Waals surface area contributed by atoms with Crippen molar-refractivity contribution >= 4 is 0 Å². The van der Waals surface area contributed by atoms with E-state index in [-0.39, 0.29) is 0 Å². The van der Waals surface area contributed by atoms with Gasteiger partial charge in [0.25, 0.3) is 0 Å². The van der Waals surface area contributed by atoms with E-state index in [1.54, 1.807) is 0 Å². The fourth-order valence-corrected chi connectivity index (χ4v) is 3.31. The fraction of sp³-hybridized carbons (Fsp3) is 1.00. The zero-order chi connectivity index (χ0) is 14.5. The highest BCUT2D eigenvalue weighted by Crippen LogP contribution is 2.11. The molecule has 0 spiro atoms. The van der Waals surface area contributed by atoms with Gasteiger partial charge in [0.1, 0.15) is 0 Å². The number of rotatable bonds is 0. The standard InChI is InChI=1S/C16H34N4/c1-13-11-19-7-6-18-16(4)14(2)12-20(10-9-19)8-5-17-15(13)3/h13-18H,5-12H2,1-4H3. The van der Waals surface area contributed by atoms with Gasteiger partial charge in [0.15, 0.2) is 0 Å². The van der Waals surface area contributed by atoms with Gasteiger partial charge >= 0.3 is 0 Å². The van der Waals surface area contributed by atoms with Gasteiger partial charge < -0.3 is 20.4 Å². The summed E-state index contributed by atoms with van der Waals surface area (Å²) in [7, 11) is 0. The quantitative estimate of drug-likeness (QED) is 0.689. The van der Waals surface area contributed by atoms with Gasteiger partial charge in [-0.25, -0.2) is 0 Å². The van der Waals surface area contributed by atoms with E-state index < -0.39 is 0 Å². The summed E-state index contributed by atoms with van der Waals surface area (Å²) < 4.78 is 0. The molecule has 4 heteroatoms. The van der Waals surface area contributed by atoms with Crippen molar-refractivity contribution < 1.29 is 0 Å². The lowest BCUT2D eigenvalue weighted by atomic mass is 10.0. The van der Waals surface area contributed by atoms with Gasteiger partial charge in [-0.3, -0.25) is 0 Å². The number of nitrogens with one attached hydrogen (secondary N) is 2. The first-order valence-electron chi connectivity index (χ1n) is 8.47. The molecule has 20 heavy (non-hydrogen) atoms. The second-order valence-corrected chi connectivity index (χ2v) is 7.04. The molecule has 0 amide bonds. The van der Waals surface area contributed by atoms with Crippen LogP contribution in [0.2, 0.25) is 0 Å². The van der Waals surface area contributed by atoms with Crippen LogP contribution in [0.5, 0.6) is 0 Å². The van der Waals surface area contributed by atoms with E-state index in [1.807, 2.05) is 0 Å². The maximum atomic E-state index is 3.71. The van der Waals surface area contributed by atoms with Crippen molar-refractivity contribution in [3.8, 4) is 0 Å². The summed E-state index contributed by atoms with van der Waals surface area (Å²) in [5, 5.41) is 7.43. The lowest BCUT2D eigenvalue weighted by Gasteiger charge is -2.37. The number of hydrogen-bond acceptors (Lipinski definition) is 4. The molecule has 2 aliphatic rings. The van der Waals surface area contributed by atoms with Crippen LogP contribution in [-0.4, -0.2) is 74.2 Å². The Morgan fingerprint density at radius 2 is 1.05 bits per heavy atom. The second-order valence-electron chi connectivity index (χ2n) is 7.04. The summed E-state index contributed by atoms with van der Waals surface area (Å²) in [6.45, 7) is 18.9. The highest BCUT2D eigenvalue weighted by molar-refractivity contribution is 4.80. The van der Waals surface area contributed by atoms with E-state index in [1.165, 1.54) is 39.3 Å². The largest absolute Gasteiger partial charge is 0.313 e. The van der Waals surface area contributed by atoms with E-state index >= 15 is 0 Å². The zero-order valence-corrected chi connectivity index (χ0v) is 13.9. The van der Waals surface area contributed by atoms with E-state index in [4.69, 9.17) is 0 Å². The molecule has 0 aliphatic carbocycles. The number of hydrogen-bond donors (Lipinski definition) is 2. The molecule has 2 rings (SSSR count). The average molecular weight is 282 g/mol. The van der Waals surface area contributed by atoms with Crippen molar-refractivity contribution in [1.29, 1.82) is 0 Å². The van der Waals surface area contributed by atoms with Crippen molar-refractivity contribution in [2.75, 3.05) is 52.4 Å². The first-order chi connectivity index (χ1) is 9.56. The molecule has 2 N–H and O–H groups in total. The van der Waals surface area contributed by atoms with Crippen LogP contribution in [0.15, 0.2) is 0 Å². The molecule has 0 radical (unpaired) electrons. The summed E-state index contributed by atoms with van der Waals surface area (Å²) in [6, 6.07) is 1.23. The Bertz CT molecular complexity index is 256. The number of nitrogens with zero attached hydrogens (tertiary/aromatic N) is 2. The fourth-order valence-electron chi connectivity index (χ4n) is 3.31. The van der Waals surface area contributed by atoms with Gasteiger partial charge in [0, 0.05) is 64.4 Å². The maximum Gasteiger partial charge on any atom is 0.0110 e. The number of fused-ring (bicyclic) bond motifs is 3. The molecule has 6 unspecified atom stereocenters. The van der Waals surface area contributed by atoms with Gasteiger partial charge in [-0.05, 0) is 25.7 Å². The Hall–Kier alpha value is -0.160. The third kappa shape index (κ3) is 4.69. The van der Waals surface area contributed by atoms with Crippen LogP contribution in [0, 0.1) is 11.8 Å². The Kier molecular flexibility index (Phi) is 6.27. The molecule has 2 aliphatic heterocycles. The molecule has 4 nitrogen and oxygen atoms in total. The average Bonchev–Trinajstić information content (AvgIpc) is 2.42. The maximum absolute atomic E-state index is 3.71. The first kappa shape index (κ1) is 16.2. The molecule has 118 valence electrons.